The molecule has 170 valence electrons. The van der Waals surface area contributed by atoms with Crippen LogP contribution in [0.4, 0.5) is 10.1 Å². The van der Waals surface area contributed by atoms with E-state index in [1.165, 1.54) is 28.9 Å². The number of hydrogen-bond acceptors (Lipinski definition) is 6. The molecule has 3 heterocycles. The number of carbonyl (C=O) groups excluding carboxylic acids is 1. The van der Waals surface area contributed by atoms with Crippen LogP contribution in [0.25, 0.3) is 16.9 Å². The van der Waals surface area contributed by atoms with Crippen molar-refractivity contribution in [1.29, 1.82) is 0 Å². The lowest BCUT2D eigenvalue weighted by molar-refractivity contribution is -0.384. The number of ether oxygens (including phenoxy) is 2. The monoisotopic (exact) mass is 452 g/mol. The molecule has 2 aromatic carbocycles. The van der Waals surface area contributed by atoms with Gasteiger partial charge in [0.15, 0.2) is 5.79 Å². The lowest BCUT2D eigenvalue weighted by Crippen LogP contribution is -2.47. The van der Waals surface area contributed by atoms with E-state index < -0.39 is 10.7 Å². The van der Waals surface area contributed by atoms with Gasteiger partial charge in [-0.2, -0.15) is 5.10 Å². The van der Waals surface area contributed by atoms with Crippen molar-refractivity contribution >= 4 is 11.6 Å². The molecule has 2 aliphatic heterocycles. The first-order valence-electron chi connectivity index (χ1n) is 10.6. The number of likely N-dealkylation sites (tertiary alicyclic amines) is 1. The number of aromatic nitrogens is 2. The maximum atomic E-state index is 13.5. The molecular formula is C23H21FN4O5. The number of amides is 1. The molecule has 2 aliphatic rings. The SMILES string of the molecule is O=C(c1cc(-c2ccc(F)cc2)nn1-c1cccc([N+](=O)[O-])c1)N1CCC2(CC1)OCCO2. The molecule has 3 aromatic rings. The topological polar surface area (TPSA) is 99.7 Å². The lowest BCUT2D eigenvalue weighted by atomic mass is 10.0. The van der Waals surface area contributed by atoms with Crippen LogP contribution in [-0.2, 0) is 9.47 Å². The van der Waals surface area contributed by atoms with Gasteiger partial charge in [-0.1, -0.05) is 6.07 Å². The van der Waals surface area contributed by atoms with Crippen LogP contribution >= 0.6 is 0 Å². The minimum atomic E-state index is -0.615. The highest BCUT2D eigenvalue weighted by Gasteiger charge is 2.41. The zero-order chi connectivity index (χ0) is 23.0. The fourth-order valence-electron chi connectivity index (χ4n) is 4.23. The van der Waals surface area contributed by atoms with Gasteiger partial charge in [0.2, 0.25) is 0 Å². The lowest BCUT2D eigenvalue weighted by Gasteiger charge is -2.37. The Labute approximate surface area is 188 Å². The Balaban J connectivity index is 1.51. The minimum Gasteiger partial charge on any atom is -0.347 e. The molecule has 0 aliphatic carbocycles. The quantitative estimate of drug-likeness (QED) is 0.443. The van der Waals surface area contributed by atoms with Gasteiger partial charge in [-0.25, -0.2) is 9.07 Å². The zero-order valence-electron chi connectivity index (χ0n) is 17.6. The summed E-state index contributed by atoms with van der Waals surface area (Å²) in [5.74, 6) is -1.25. The fraction of sp³-hybridized carbons (Fsp3) is 0.304. The molecular weight excluding hydrogens is 431 g/mol. The normalized spacial score (nSPS) is 17.4. The molecule has 2 saturated heterocycles. The first kappa shape index (κ1) is 21.2. The minimum absolute atomic E-state index is 0.111. The predicted molar refractivity (Wildman–Crippen MR) is 115 cm³/mol. The number of rotatable bonds is 4. The van der Waals surface area contributed by atoms with Gasteiger partial charge >= 0.3 is 0 Å². The van der Waals surface area contributed by atoms with E-state index in [-0.39, 0.29) is 23.1 Å². The molecule has 0 radical (unpaired) electrons. The summed E-state index contributed by atoms with van der Waals surface area (Å²) in [6.07, 6.45) is 1.13. The molecule has 10 heteroatoms. The van der Waals surface area contributed by atoms with Crippen molar-refractivity contribution in [2.75, 3.05) is 26.3 Å². The Morgan fingerprint density at radius 1 is 1.06 bits per heavy atom. The third kappa shape index (κ3) is 4.10. The summed E-state index contributed by atoms with van der Waals surface area (Å²) >= 11 is 0. The summed E-state index contributed by atoms with van der Waals surface area (Å²) in [7, 11) is 0. The van der Waals surface area contributed by atoms with E-state index >= 15 is 0 Å². The number of halogens is 1. The van der Waals surface area contributed by atoms with Crippen LogP contribution in [0.1, 0.15) is 23.3 Å². The number of piperidine rings is 1. The van der Waals surface area contributed by atoms with Gasteiger partial charge in [-0.15, -0.1) is 0 Å². The summed E-state index contributed by atoms with van der Waals surface area (Å²) in [6, 6.07) is 13.3. The summed E-state index contributed by atoms with van der Waals surface area (Å²) in [5, 5.41) is 15.8. The number of non-ortho nitro benzene ring substituents is 1. The van der Waals surface area contributed by atoms with Crippen molar-refractivity contribution < 1.29 is 23.6 Å². The maximum absolute atomic E-state index is 13.5. The number of benzene rings is 2. The van der Waals surface area contributed by atoms with E-state index in [1.54, 1.807) is 35.2 Å². The van der Waals surface area contributed by atoms with Gasteiger partial charge in [-0.3, -0.25) is 14.9 Å². The fourth-order valence-corrected chi connectivity index (χ4v) is 4.23. The van der Waals surface area contributed by atoms with Crippen LogP contribution < -0.4 is 0 Å². The van der Waals surface area contributed by atoms with E-state index in [2.05, 4.69) is 5.10 Å². The second kappa shape index (κ2) is 8.38. The van der Waals surface area contributed by atoms with Crippen LogP contribution in [0.5, 0.6) is 0 Å². The number of nitro groups is 1. The summed E-state index contributed by atoms with van der Waals surface area (Å²) in [6.45, 7) is 2.00. The van der Waals surface area contributed by atoms with Crippen LogP contribution in [0.3, 0.4) is 0 Å². The van der Waals surface area contributed by atoms with Crippen LogP contribution in [-0.4, -0.2) is 57.6 Å². The predicted octanol–water partition coefficient (Wildman–Crippen LogP) is 3.57. The van der Waals surface area contributed by atoms with Crippen molar-refractivity contribution in [1.82, 2.24) is 14.7 Å². The molecule has 33 heavy (non-hydrogen) atoms. The highest BCUT2D eigenvalue weighted by Crippen LogP contribution is 2.32. The first-order valence-corrected chi connectivity index (χ1v) is 10.6. The molecule has 1 spiro atoms. The van der Waals surface area contributed by atoms with Crippen molar-refractivity contribution in [2.45, 2.75) is 18.6 Å². The molecule has 5 rings (SSSR count). The van der Waals surface area contributed by atoms with E-state index in [4.69, 9.17) is 9.47 Å². The van der Waals surface area contributed by atoms with Crippen molar-refractivity contribution in [3.8, 4) is 16.9 Å². The molecule has 1 aromatic heterocycles. The second-order valence-electron chi connectivity index (χ2n) is 8.01. The van der Waals surface area contributed by atoms with Crippen molar-refractivity contribution in [3.05, 3.63) is 76.2 Å². The van der Waals surface area contributed by atoms with Crippen LogP contribution in [0, 0.1) is 15.9 Å². The molecule has 9 nitrogen and oxygen atoms in total. The van der Waals surface area contributed by atoms with Crippen molar-refractivity contribution in [2.24, 2.45) is 0 Å². The van der Waals surface area contributed by atoms with Crippen LogP contribution in [0.2, 0.25) is 0 Å². The van der Waals surface area contributed by atoms with E-state index in [0.29, 0.717) is 56.1 Å². The third-order valence-corrected chi connectivity index (χ3v) is 5.98. The average molecular weight is 452 g/mol. The van der Waals surface area contributed by atoms with Gasteiger partial charge in [0.05, 0.1) is 29.5 Å². The number of hydrogen-bond donors (Lipinski definition) is 0. The molecule has 2 fully saturated rings. The molecule has 0 unspecified atom stereocenters. The largest absolute Gasteiger partial charge is 0.347 e. The van der Waals surface area contributed by atoms with Gasteiger partial charge in [0.1, 0.15) is 11.5 Å². The maximum Gasteiger partial charge on any atom is 0.272 e. The molecule has 0 saturated carbocycles. The van der Waals surface area contributed by atoms with E-state index in [1.807, 2.05) is 0 Å². The number of carbonyl (C=O) groups is 1. The Hall–Kier alpha value is -3.63. The highest BCUT2D eigenvalue weighted by molar-refractivity contribution is 5.94. The molecule has 0 N–H and O–H groups in total. The average Bonchev–Trinajstić information content (AvgIpc) is 3.48. The van der Waals surface area contributed by atoms with Gasteiger partial charge in [-0.05, 0) is 36.4 Å². The standard InChI is InChI=1S/C23H21FN4O5/c24-17-6-4-16(5-7-17)20-15-21(27(25-20)18-2-1-3-19(14-18)28(30)31)22(29)26-10-8-23(9-11-26)32-12-13-33-23/h1-7,14-15H,8-13H2. The Morgan fingerprint density at radius 3 is 2.42 bits per heavy atom. The van der Waals surface area contributed by atoms with Gasteiger partial charge in [0, 0.05) is 43.6 Å². The van der Waals surface area contributed by atoms with Crippen LogP contribution in [0.15, 0.2) is 54.6 Å². The Bertz CT molecular complexity index is 1190. The Morgan fingerprint density at radius 2 is 1.76 bits per heavy atom. The number of nitrogens with zero attached hydrogens (tertiary/aromatic N) is 4. The van der Waals surface area contributed by atoms with Gasteiger partial charge in [0.25, 0.3) is 11.6 Å². The summed E-state index contributed by atoms with van der Waals surface area (Å²) in [4.78, 5) is 26.0. The molecule has 1 amide bonds. The smallest absolute Gasteiger partial charge is 0.272 e. The van der Waals surface area contributed by atoms with E-state index in [9.17, 15) is 19.3 Å². The zero-order valence-corrected chi connectivity index (χ0v) is 17.6. The number of nitro benzene ring substituents is 1. The van der Waals surface area contributed by atoms with E-state index in [0.717, 1.165) is 0 Å². The molecule has 0 atom stereocenters. The highest BCUT2D eigenvalue weighted by atomic mass is 19.1. The summed E-state index contributed by atoms with van der Waals surface area (Å²) < 4.78 is 26.3. The first-order chi connectivity index (χ1) is 15.9. The summed E-state index contributed by atoms with van der Waals surface area (Å²) in [5.41, 5.74) is 1.62. The Kier molecular flexibility index (Phi) is 5.39. The van der Waals surface area contributed by atoms with Gasteiger partial charge < -0.3 is 14.4 Å². The van der Waals surface area contributed by atoms with Crippen molar-refractivity contribution in [3.63, 3.8) is 0 Å². The second-order valence-corrected chi connectivity index (χ2v) is 8.01. The third-order valence-electron chi connectivity index (χ3n) is 5.98. The molecule has 0 bridgehead atoms.